The summed E-state index contributed by atoms with van der Waals surface area (Å²) in [6, 6.07) is 7.70. The number of fused-ring (bicyclic) bond motifs is 1. The fourth-order valence-electron chi connectivity index (χ4n) is 2.83. The second-order valence-corrected chi connectivity index (χ2v) is 6.35. The molecule has 1 aromatic carbocycles. The van der Waals surface area contributed by atoms with Crippen LogP contribution in [0.1, 0.15) is 33.3 Å². The molecule has 142 valence electrons. The van der Waals surface area contributed by atoms with Crippen molar-refractivity contribution < 1.29 is 18.4 Å². The quantitative estimate of drug-likeness (QED) is 0.501. The molecule has 0 aliphatic rings. The number of benzene rings is 1. The third-order valence-corrected chi connectivity index (χ3v) is 4.27. The van der Waals surface area contributed by atoms with Crippen LogP contribution < -0.4 is 0 Å². The minimum Gasteiger partial charge on any atom is -0.453 e. The molecule has 8 nitrogen and oxygen atoms in total. The molecule has 0 atom stereocenters. The van der Waals surface area contributed by atoms with E-state index in [9.17, 15) is 9.18 Å². The van der Waals surface area contributed by atoms with Gasteiger partial charge in [-0.1, -0.05) is 5.16 Å². The van der Waals surface area contributed by atoms with Gasteiger partial charge in [0.2, 0.25) is 0 Å². The molecule has 3 aromatic heterocycles. The summed E-state index contributed by atoms with van der Waals surface area (Å²) in [5.41, 5.74) is 3.44. The summed E-state index contributed by atoms with van der Waals surface area (Å²) in [6.45, 7) is 5.38. The lowest BCUT2D eigenvalue weighted by Gasteiger charge is -2.00. The molecule has 0 aliphatic carbocycles. The predicted molar refractivity (Wildman–Crippen MR) is 96.0 cm³/mol. The molecule has 0 amide bonds. The van der Waals surface area contributed by atoms with E-state index in [1.54, 1.807) is 19.1 Å². The summed E-state index contributed by atoms with van der Waals surface area (Å²) < 4.78 is 25.2. The lowest BCUT2D eigenvalue weighted by atomic mass is 10.1. The number of ether oxygens (including phenoxy) is 1. The van der Waals surface area contributed by atoms with Crippen LogP contribution in [0, 0.1) is 26.6 Å². The van der Waals surface area contributed by atoms with Gasteiger partial charge in [-0.3, -0.25) is 0 Å². The summed E-state index contributed by atoms with van der Waals surface area (Å²) in [6.07, 6.45) is 0. The van der Waals surface area contributed by atoms with Crippen LogP contribution in [0.5, 0.6) is 0 Å². The molecule has 0 N–H and O–H groups in total. The number of aromatic nitrogens is 5. The van der Waals surface area contributed by atoms with Crippen molar-refractivity contribution in [2.75, 3.05) is 0 Å². The van der Waals surface area contributed by atoms with Crippen LogP contribution >= 0.6 is 0 Å². The molecular formula is C19H16FN5O3. The molecule has 0 fully saturated rings. The molecule has 4 rings (SSSR count). The van der Waals surface area contributed by atoms with Crippen LogP contribution in [-0.4, -0.2) is 30.7 Å². The van der Waals surface area contributed by atoms with E-state index in [-0.39, 0.29) is 18.2 Å². The molecule has 0 bridgehead atoms. The average Bonchev–Trinajstić information content (AvgIpc) is 3.24. The fraction of sp³-hybridized carbons (Fsp3) is 0.211. The third kappa shape index (κ3) is 3.22. The Kier molecular flexibility index (Phi) is 4.34. The monoisotopic (exact) mass is 381 g/mol. The number of esters is 1. The van der Waals surface area contributed by atoms with Crippen molar-refractivity contribution in [1.29, 1.82) is 0 Å². The van der Waals surface area contributed by atoms with Crippen LogP contribution in [0.15, 0.2) is 34.9 Å². The van der Waals surface area contributed by atoms with Crippen LogP contribution in [-0.2, 0) is 11.3 Å². The van der Waals surface area contributed by atoms with Crippen molar-refractivity contribution >= 4 is 11.7 Å². The van der Waals surface area contributed by atoms with Gasteiger partial charge in [-0.05, 0) is 51.1 Å². The fourth-order valence-corrected chi connectivity index (χ4v) is 2.83. The Morgan fingerprint density at radius 1 is 1.18 bits per heavy atom. The first-order chi connectivity index (χ1) is 13.4. The molecule has 0 aliphatic heterocycles. The Morgan fingerprint density at radius 3 is 2.68 bits per heavy atom. The second-order valence-electron chi connectivity index (χ2n) is 6.35. The topological polar surface area (TPSA) is 95.4 Å². The van der Waals surface area contributed by atoms with Crippen LogP contribution in [0.3, 0.4) is 0 Å². The number of aryl methyl sites for hydroxylation is 2. The lowest BCUT2D eigenvalue weighted by Crippen LogP contribution is -2.08. The van der Waals surface area contributed by atoms with Crippen molar-refractivity contribution in [1.82, 2.24) is 24.7 Å². The maximum Gasteiger partial charge on any atom is 0.378 e. The summed E-state index contributed by atoms with van der Waals surface area (Å²) in [7, 11) is 0. The number of carbonyl (C=O) groups is 1. The zero-order chi connectivity index (χ0) is 19.8. The molecule has 0 unspecified atom stereocenters. The van der Waals surface area contributed by atoms with Gasteiger partial charge in [-0.25, -0.2) is 18.7 Å². The standard InChI is InChI=1S/C19H16FN5O3/c1-10-8-11(2)25-19(21-10)22-17(23-25)18(26)27-9-15-12(3)16(28-24-15)13-4-6-14(20)7-5-13/h4-8H,9H2,1-3H3. The Balaban J connectivity index is 1.51. The molecule has 0 radical (unpaired) electrons. The first-order valence-corrected chi connectivity index (χ1v) is 8.51. The minimum absolute atomic E-state index is 0.0823. The zero-order valence-electron chi connectivity index (χ0n) is 15.4. The maximum atomic E-state index is 13.1. The van der Waals surface area contributed by atoms with Gasteiger partial charge in [0.05, 0.1) is 0 Å². The number of hydrogen-bond acceptors (Lipinski definition) is 7. The van der Waals surface area contributed by atoms with Crippen LogP contribution in [0.25, 0.3) is 17.1 Å². The van der Waals surface area contributed by atoms with E-state index in [1.165, 1.54) is 16.6 Å². The van der Waals surface area contributed by atoms with Gasteiger partial charge >= 0.3 is 5.97 Å². The van der Waals surface area contributed by atoms with Crippen molar-refractivity contribution in [3.63, 3.8) is 0 Å². The van der Waals surface area contributed by atoms with E-state index < -0.39 is 5.97 Å². The lowest BCUT2D eigenvalue weighted by molar-refractivity contribution is 0.0449. The summed E-state index contributed by atoms with van der Waals surface area (Å²) in [5.74, 6) is -0.280. The molecule has 0 saturated carbocycles. The zero-order valence-corrected chi connectivity index (χ0v) is 15.4. The Morgan fingerprint density at radius 2 is 1.93 bits per heavy atom. The second kappa shape index (κ2) is 6.84. The van der Waals surface area contributed by atoms with Crippen molar-refractivity contribution in [3.8, 4) is 11.3 Å². The van der Waals surface area contributed by atoms with Gasteiger partial charge < -0.3 is 9.26 Å². The highest BCUT2D eigenvalue weighted by atomic mass is 19.1. The number of carbonyl (C=O) groups excluding carboxylic acids is 1. The Hall–Kier alpha value is -3.62. The van der Waals surface area contributed by atoms with E-state index in [1.807, 2.05) is 19.9 Å². The normalized spacial score (nSPS) is 11.1. The van der Waals surface area contributed by atoms with Gasteiger partial charge in [0.15, 0.2) is 5.76 Å². The predicted octanol–water partition coefficient (Wildman–Crippen LogP) is 3.20. The highest BCUT2D eigenvalue weighted by Gasteiger charge is 2.19. The largest absolute Gasteiger partial charge is 0.453 e. The summed E-state index contributed by atoms with van der Waals surface area (Å²) in [5, 5.41) is 8.08. The van der Waals surface area contributed by atoms with E-state index in [4.69, 9.17) is 9.26 Å². The van der Waals surface area contributed by atoms with Gasteiger partial charge in [0, 0.05) is 22.5 Å². The van der Waals surface area contributed by atoms with Crippen LogP contribution in [0.2, 0.25) is 0 Å². The maximum absolute atomic E-state index is 13.1. The minimum atomic E-state index is -0.687. The summed E-state index contributed by atoms with van der Waals surface area (Å²) >= 11 is 0. The molecule has 9 heteroatoms. The first kappa shape index (κ1) is 17.8. The SMILES string of the molecule is Cc1cc(C)n2nc(C(=O)OCc3noc(-c4ccc(F)cc4)c3C)nc2n1. The van der Waals surface area contributed by atoms with E-state index in [0.29, 0.717) is 28.4 Å². The van der Waals surface area contributed by atoms with E-state index in [0.717, 1.165) is 11.4 Å². The van der Waals surface area contributed by atoms with E-state index >= 15 is 0 Å². The molecule has 28 heavy (non-hydrogen) atoms. The Bertz CT molecular complexity index is 1180. The van der Waals surface area contributed by atoms with Gasteiger partial charge in [-0.15, -0.1) is 5.10 Å². The molecule has 3 heterocycles. The van der Waals surface area contributed by atoms with Gasteiger partial charge in [-0.2, -0.15) is 4.98 Å². The van der Waals surface area contributed by atoms with E-state index in [2.05, 4.69) is 20.2 Å². The average molecular weight is 381 g/mol. The third-order valence-electron chi connectivity index (χ3n) is 4.27. The summed E-state index contributed by atoms with van der Waals surface area (Å²) in [4.78, 5) is 20.7. The molecule has 0 saturated heterocycles. The smallest absolute Gasteiger partial charge is 0.378 e. The highest BCUT2D eigenvalue weighted by Crippen LogP contribution is 2.26. The van der Waals surface area contributed by atoms with Gasteiger partial charge in [0.1, 0.15) is 18.1 Å². The number of rotatable bonds is 4. The molecule has 4 aromatic rings. The Labute approximate surface area is 159 Å². The van der Waals surface area contributed by atoms with Crippen molar-refractivity contribution in [3.05, 3.63) is 64.6 Å². The van der Waals surface area contributed by atoms with Gasteiger partial charge in [0.25, 0.3) is 11.6 Å². The van der Waals surface area contributed by atoms with Crippen molar-refractivity contribution in [2.24, 2.45) is 0 Å². The van der Waals surface area contributed by atoms with Crippen LogP contribution in [0.4, 0.5) is 4.39 Å². The molecule has 0 spiro atoms. The molecular weight excluding hydrogens is 365 g/mol. The number of hydrogen-bond donors (Lipinski definition) is 0. The number of halogens is 1. The first-order valence-electron chi connectivity index (χ1n) is 8.51. The van der Waals surface area contributed by atoms with Crippen molar-refractivity contribution in [2.45, 2.75) is 27.4 Å². The number of nitrogens with zero attached hydrogens (tertiary/aromatic N) is 5. The highest BCUT2D eigenvalue weighted by molar-refractivity contribution is 5.85.